The van der Waals surface area contributed by atoms with Gasteiger partial charge in [-0.05, 0) is 6.07 Å². The molecule has 0 saturated heterocycles. The van der Waals surface area contributed by atoms with Crippen LogP contribution in [0.1, 0.15) is 0 Å². The summed E-state index contributed by atoms with van der Waals surface area (Å²) in [7, 11) is -0.558. The average molecular weight is 302 g/mol. The smallest absolute Gasteiger partial charge is 0.316 e. The fraction of sp³-hybridized carbons (Fsp3) is 0.400. The van der Waals surface area contributed by atoms with E-state index in [4.69, 9.17) is 5.84 Å². The third kappa shape index (κ3) is 4.33. The molecule has 0 unspecified atom stereocenters. The van der Waals surface area contributed by atoms with E-state index in [0.29, 0.717) is 0 Å². The van der Waals surface area contributed by atoms with Crippen molar-refractivity contribution in [3.05, 3.63) is 18.5 Å². The highest BCUT2D eigenvalue weighted by Gasteiger charge is 2.17. The van der Waals surface area contributed by atoms with Gasteiger partial charge >= 0.3 is 6.03 Å². The number of anilines is 1. The fourth-order valence-corrected chi connectivity index (χ4v) is 2.45. The van der Waals surface area contributed by atoms with E-state index in [0.717, 1.165) is 0 Å². The van der Waals surface area contributed by atoms with Crippen molar-refractivity contribution in [2.75, 3.05) is 32.6 Å². The lowest BCUT2D eigenvalue weighted by atomic mass is 10.4. The van der Waals surface area contributed by atoms with E-state index in [1.807, 2.05) is 0 Å². The SMILES string of the molecule is CN(C)C(=O)NCCNS(=O)(=O)c1cnccc1NN. The maximum atomic E-state index is 12.0. The molecule has 2 amide bonds. The van der Waals surface area contributed by atoms with Crippen molar-refractivity contribution < 1.29 is 13.2 Å². The van der Waals surface area contributed by atoms with Crippen LogP contribution in [0.4, 0.5) is 10.5 Å². The van der Waals surface area contributed by atoms with Gasteiger partial charge in [0.1, 0.15) is 4.90 Å². The van der Waals surface area contributed by atoms with Crippen LogP contribution in [-0.2, 0) is 10.0 Å². The molecule has 1 aromatic heterocycles. The largest absolute Gasteiger partial charge is 0.337 e. The average Bonchev–Trinajstić information content (AvgIpc) is 2.43. The van der Waals surface area contributed by atoms with Crippen molar-refractivity contribution in [1.29, 1.82) is 0 Å². The molecule has 1 rings (SSSR count). The number of hydrogen-bond acceptors (Lipinski definition) is 6. The van der Waals surface area contributed by atoms with Gasteiger partial charge in [0, 0.05) is 39.6 Å². The zero-order chi connectivity index (χ0) is 15.2. The van der Waals surface area contributed by atoms with E-state index in [1.165, 1.54) is 23.4 Å². The predicted octanol–water partition coefficient (Wildman–Crippen LogP) is -1.08. The van der Waals surface area contributed by atoms with Crippen LogP contribution in [0.3, 0.4) is 0 Å². The molecule has 9 nitrogen and oxygen atoms in total. The van der Waals surface area contributed by atoms with Gasteiger partial charge in [0.05, 0.1) is 5.69 Å². The first kappa shape index (κ1) is 16.1. The summed E-state index contributed by atoms with van der Waals surface area (Å²) in [6.07, 6.45) is 2.61. The molecule has 1 heterocycles. The lowest BCUT2D eigenvalue weighted by Crippen LogP contribution is -2.39. The van der Waals surface area contributed by atoms with Crippen molar-refractivity contribution in [3.63, 3.8) is 0 Å². The number of hydrazine groups is 1. The van der Waals surface area contributed by atoms with Gasteiger partial charge < -0.3 is 15.6 Å². The molecule has 0 aliphatic heterocycles. The minimum Gasteiger partial charge on any atom is -0.337 e. The van der Waals surface area contributed by atoms with Gasteiger partial charge in [0.2, 0.25) is 10.0 Å². The van der Waals surface area contributed by atoms with Crippen LogP contribution in [0.25, 0.3) is 0 Å². The van der Waals surface area contributed by atoms with Crippen molar-refractivity contribution in [1.82, 2.24) is 19.9 Å². The predicted molar refractivity (Wildman–Crippen MR) is 74.3 cm³/mol. The summed E-state index contributed by atoms with van der Waals surface area (Å²) in [5, 5.41) is 2.54. The number of carbonyl (C=O) groups excluding carboxylic acids is 1. The lowest BCUT2D eigenvalue weighted by Gasteiger charge is -2.13. The van der Waals surface area contributed by atoms with Crippen LogP contribution >= 0.6 is 0 Å². The molecule has 0 fully saturated rings. The molecule has 0 saturated carbocycles. The topological polar surface area (TPSA) is 129 Å². The molecule has 0 radical (unpaired) electrons. The molecule has 112 valence electrons. The Hall–Kier alpha value is -1.91. The van der Waals surface area contributed by atoms with E-state index in [9.17, 15) is 13.2 Å². The molecule has 10 heteroatoms. The molecular formula is C10H18N6O3S. The number of amides is 2. The van der Waals surface area contributed by atoms with Crippen LogP contribution in [-0.4, -0.2) is 51.5 Å². The van der Waals surface area contributed by atoms with Gasteiger partial charge in [-0.2, -0.15) is 0 Å². The number of aromatic nitrogens is 1. The summed E-state index contributed by atoms with van der Waals surface area (Å²) in [5.74, 6) is 5.24. The Morgan fingerprint density at radius 2 is 2.10 bits per heavy atom. The number of nitrogen functional groups attached to an aromatic ring is 1. The highest BCUT2D eigenvalue weighted by atomic mass is 32.2. The van der Waals surface area contributed by atoms with Crippen LogP contribution in [0.15, 0.2) is 23.4 Å². The first-order chi connectivity index (χ1) is 9.38. The number of rotatable bonds is 6. The second-order valence-corrected chi connectivity index (χ2v) is 5.78. The molecule has 20 heavy (non-hydrogen) atoms. The number of sulfonamides is 1. The number of pyridine rings is 1. The molecule has 0 spiro atoms. The van der Waals surface area contributed by atoms with Gasteiger partial charge in [0.15, 0.2) is 0 Å². The molecule has 0 aromatic carbocycles. The Kier molecular flexibility index (Phi) is 5.67. The summed E-state index contributed by atoms with van der Waals surface area (Å²) in [6.45, 7) is 0.225. The van der Waals surface area contributed by atoms with Crippen molar-refractivity contribution in [2.45, 2.75) is 4.90 Å². The molecular weight excluding hydrogens is 284 g/mol. The van der Waals surface area contributed by atoms with Gasteiger partial charge in [-0.15, -0.1) is 0 Å². The van der Waals surface area contributed by atoms with Gasteiger partial charge in [-0.25, -0.2) is 17.9 Å². The minimum absolute atomic E-state index is 0.0542. The highest BCUT2D eigenvalue weighted by Crippen LogP contribution is 2.17. The molecule has 0 aliphatic rings. The fourth-order valence-electron chi connectivity index (χ4n) is 1.30. The Morgan fingerprint density at radius 1 is 1.40 bits per heavy atom. The number of nitrogens with two attached hydrogens (primary N) is 1. The summed E-state index contributed by atoms with van der Waals surface area (Å²) < 4.78 is 26.4. The van der Waals surface area contributed by atoms with E-state index >= 15 is 0 Å². The zero-order valence-electron chi connectivity index (χ0n) is 11.3. The van der Waals surface area contributed by atoms with Gasteiger partial charge in [0.25, 0.3) is 0 Å². The van der Waals surface area contributed by atoms with E-state index < -0.39 is 10.0 Å². The van der Waals surface area contributed by atoms with Crippen molar-refractivity contribution >= 4 is 21.7 Å². The lowest BCUT2D eigenvalue weighted by molar-refractivity contribution is 0.217. The first-order valence-electron chi connectivity index (χ1n) is 5.74. The monoisotopic (exact) mass is 302 g/mol. The maximum absolute atomic E-state index is 12.0. The number of nitrogens with one attached hydrogen (secondary N) is 3. The summed E-state index contributed by atoms with van der Waals surface area (Å²) in [6, 6.07) is 1.15. The van der Waals surface area contributed by atoms with Crippen LogP contribution in [0.2, 0.25) is 0 Å². The molecule has 0 bridgehead atoms. The minimum atomic E-state index is -3.74. The van der Waals surface area contributed by atoms with E-state index in [-0.39, 0.29) is 29.7 Å². The Balaban J connectivity index is 2.60. The number of carbonyl (C=O) groups is 1. The number of hydrogen-bond donors (Lipinski definition) is 4. The second-order valence-electron chi connectivity index (χ2n) is 4.04. The van der Waals surface area contributed by atoms with Crippen LogP contribution in [0.5, 0.6) is 0 Å². The molecule has 5 N–H and O–H groups in total. The summed E-state index contributed by atoms with van der Waals surface area (Å²) >= 11 is 0. The van der Waals surface area contributed by atoms with Gasteiger partial charge in [-0.1, -0.05) is 0 Å². The number of nitrogens with zero attached hydrogens (tertiary/aromatic N) is 2. The Bertz CT molecular complexity index is 560. The Labute approximate surface area is 117 Å². The van der Waals surface area contributed by atoms with Gasteiger partial charge in [-0.3, -0.25) is 10.8 Å². The van der Waals surface area contributed by atoms with Crippen LogP contribution < -0.4 is 21.3 Å². The third-order valence-corrected chi connectivity index (χ3v) is 3.82. The molecule has 0 aliphatic carbocycles. The highest BCUT2D eigenvalue weighted by molar-refractivity contribution is 7.89. The van der Waals surface area contributed by atoms with Crippen molar-refractivity contribution in [3.8, 4) is 0 Å². The first-order valence-corrected chi connectivity index (χ1v) is 7.22. The standard InChI is InChI=1S/C10H18N6O3S/c1-16(2)10(17)13-5-6-14-20(18,19)9-7-12-4-3-8(9)15-11/h3-4,7,14H,5-6,11H2,1-2H3,(H,12,15)(H,13,17). The normalized spacial score (nSPS) is 10.9. The van der Waals surface area contributed by atoms with Crippen molar-refractivity contribution in [2.24, 2.45) is 5.84 Å². The van der Waals surface area contributed by atoms with Crippen LogP contribution in [0, 0.1) is 0 Å². The van der Waals surface area contributed by atoms with E-state index in [2.05, 4.69) is 20.4 Å². The molecule has 0 atom stereocenters. The maximum Gasteiger partial charge on any atom is 0.316 e. The second kappa shape index (κ2) is 7.03. The number of urea groups is 1. The molecule has 1 aromatic rings. The summed E-state index contributed by atoms with van der Waals surface area (Å²) in [5.41, 5.74) is 2.53. The third-order valence-electron chi connectivity index (χ3n) is 2.33. The quantitative estimate of drug-likeness (QED) is 0.300. The Morgan fingerprint density at radius 3 is 2.70 bits per heavy atom. The summed E-state index contributed by atoms with van der Waals surface area (Å²) in [4.78, 5) is 16.3. The zero-order valence-corrected chi connectivity index (χ0v) is 12.1. The van der Waals surface area contributed by atoms with E-state index in [1.54, 1.807) is 14.1 Å².